The molecule has 1 aliphatic heterocycles. The molecule has 2 aromatic carbocycles. The molecule has 25 heavy (non-hydrogen) atoms. The second-order valence-corrected chi connectivity index (χ2v) is 6.12. The van der Waals surface area contributed by atoms with Gasteiger partial charge in [0.05, 0.1) is 17.8 Å². The van der Waals surface area contributed by atoms with Gasteiger partial charge in [0.1, 0.15) is 11.9 Å². The average molecular weight is 361 g/mol. The number of rotatable bonds is 3. The molecule has 0 saturated carbocycles. The number of carboxylic acid groups (broad SMARTS) is 1. The first-order chi connectivity index (χ1) is 12.0. The van der Waals surface area contributed by atoms with Gasteiger partial charge in [0.15, 0.2) is 0 Å². The Balaban J connectivity index is 1.83. The topological polar surface area (TPSA) is 78.9 Å². The number of carbonyl (C=O) groups is 2. The highest BCUT2D eigenvalue weighted by Gasteiger charge is 2.29. The number of hydrogen-bond acceptors (Lipinski definition) is 3. The fraction of sp³-hybridized carbons (Fsp3) is 0.222. The van der Waals surface area contributed by atoms with Gasteiger partial charge in [0, 0.05) is 10.7 Å². The summed E-state index contributed by atoms with van der Waals surface area (Å²) in [7, 11) is 0. The van der Waals surface area contributed by atoms with Crippen LogP contribution in [0.3, 0.4) is 0 Å². The van der Waals surface area contributed by atoms with Gasteiger partial charge in [-0.1, -0.05) is 18.5 Å². The third-order valence-electron chi connectivity index (χ3n) is 3.98. The van der Waals surface area contributed by atoms with E-state index >= 15 is 0 Å². The normalized spacial score (nSPS) is 15.9. The zero-order chi connectivity index (χ0) is 18.0. The summed E-state index contributed by atoms with van der Waals surface area (Å²) < 4.78 is 5.86. The molecule has 6 nitrogen and oxygen atoms in total. The standard InChI is InChI=1S/C18H17ClN2O4/c1-2-14-10-21(15-9-12(19)5-8-16(15)25-14)18(24)20-13-6-3-11(4-7-13)17(22)23/h3-9,14H,2,10H2,1H3,(H,20,24)(H,22,23)/t14-/m0/s1. The predicted molar refractivity (Wildman–Crippen MR) is 95.9 cm³/mol. The van der Waals surface area contributed by atoms with E-state index in [-0.39, 0.29) is 17.7 Å². The van der Waals surface area contributed by atoms with Gasteiger partial charge >= 0.3 is 12.0 Å². The lowest BCUT2D eigenvalue weighted by Crippen LogP contribution is -2.45. The Morgan fingerprint density at radius 2 is 2.00 bits per heavy atom. The molecule has 2 aromatic rings. The number of ether oxygens (including phenoxy) is 1. The number of nitrogens with one attached hydrogen (secondary N) is 1. The Hall–Kier alpha value is -2.73. The number of amides is 2. The molecule has 7 heteroatoms. The summed E-state index contributed by atoms with van der Waals surface area (Å²) in [6.45, 7) is 2.40. The largest absolute Gasteiger partial charge is 0.486 e. The number of carbonyl (C=O) groups excluding carboxylic acids is 1. The molecule has 0 aromatic heterocycles. The van der Waals surface area contributed by atoms with Crippen LogP contribution in [0.1, 0.15) is 23.7 Å². The number of benzene rings is 2. The van der Waals surface area contributed by atoms with E-state index in [0.29, 0.717) is 28.7 Å². The first-order valence-corrected chi connectivity index (χ1v) is 8.24. The molecule has 3 rings (SSSR count). The predicted octanol–water partition coefficient (Wildman–Crippen LogP) is 4.25. The SMILES string of the molecule is CC[C@H]1CN(C(=O)Nc2ccc(C(=O)O)cc2)c2cc(Cl)ccc2O1. The molecular weight excluding hydrogens is 344 g/mol. The number of hydrogen-bond donors (Lipinski definition) is 2. The lowest BCUT2D eigenvalue weighted by Gasteiger charge is -2.34. The maximum atomic E-state index is 12.7. The van der Waals surface area contributed by atoms with Crippen molar-refractivity contribution in [2.24, 2.45) is 0 Å². The fourth-order valence-electron chi connectivity index (χ4n) is 2.61. The fourth-order valence-corrected chi connectivity index (χ4v) is 2.78. The Morgan fingerprint density at radius 1 is 1.28 bits per heavy atom. The summed E-state index contributed by atoms with van der Waals surface area (Å²) in [6.07, 6.45) is 0.660. The molecule has 0 spiro atoms. The van der Waals surface area contributed by atoms with Crippen LogP contribution in [-0.2, 0) is 0 Å². The first kappa shape index (κ1) is 17.1. The van der Waals surface area contributed by atoms with E-state index in [1.807, 2.05) is 6.92 Å². The minimum atomic E-state index is -1.01. The molecule has 1 aliphatic rings. The lowest BCUT2D eigenvalue weighted by molar-refractivity contribution is 0.0697. The van der Waals surface area contributed by atoms with Crippen LogP contribution in [-0.4, -0.2) is 29.8 Å². The average Bonchev–Trinajstić information content (AvgIpc) is 2.61. The second-order valence-electron chi connectivity index (χ2n) is 5.68. The van der Waals surface area contributed by atoms with Gasteiger partial charge in [-0.3, -0.25) is 4.90 Å². The van der Waals surface area contributed by atoms with Gasteiger partial charge in [0.25, 0.3) is 0 Å². The third kappa shape index (κ3) is 3.69. The molecule has 0 aliphatic carbocycles. The van der Waals surface area contributed by atoms with Crippen molar-refractivity contribution in [1.29, 1.82) is 0 Å². The summed E-state index contributed by atoms with van der Waals surface area (Å²) in [5.74, 6) is -0.403. The van der Waals surface area contributed by atoms with Crippen LogP contribution < -0.4 is 15.0 Å². The van der Waals surface area contributed by atoms with Gasteiger partial charge in [-0.15, -0.1) is 0 Å². The Labute approximate surface area is 150 Å². The Morgan fingerprint density at radius 3 is 2.64 bits per heavy atom. The smallest absolute Gasteiger partial charge is 0.335 e. The number of aromatic carboxylic acids is 1. The monoisotopic (exact) mass is 360 g/mol. The van der Waals surface area contributed by atoms with E-state index in [1.165, 1.54) is 12.1 Å². The number of anilines is 2. The first-order valence-electron chi connectivity index (χ1n) is 7.86. The van der Waals surface area contributed by atoms with Gasteiger partial charge in [-0.05, 0) is 48.9 Å². The van der Waals surface area contributed by atoms with Crippen molar-refractivity contribution in [2.75, 3.05) is 16.8 Å². The zero-order valence-corrected chi connectivity index (χ0v) is 14.3. The van der Waals surface area contributed by atoms with Crippen LogP contribution in [0.25, 0.3) is 0 Å². The van der Waals surface area contributed by atoms with Crippen molar-refractivity contribution in [2.45, 2.75) is 19.4 Å². The number of carboxylic acids is 1. The Kier molecular flexibility index (Phi) is 4.81. The van der Waals surface area contributed by atoms with Gasteiger partial charge in [-0.2, -0.15) is 0 Å². The molecule has 1 heterocycles. The Bertz CT molecular complexity index is 807. The van der Waals surface area contributed by atoms with Crippen LogP contribution >= 0.6 is 11.6 Å². The number of urea groups is 1. The summed E-state index contributed by atoms with van der Waals surface area (Å²) in [6, 6.07) is 10.8. The maximum absolute atomic E-state index is 12.7. The van der Waals surface area contributed by atoms with Crippen molar-refractivity contribution in [1.82, 2.24) is 0 Å². The highest BCUT2D eigenvalue weighted by Crippen LogP contribution is 2.36. The zero-order valence-electron chi connectivity index (χ0n) is 13.5. The third-order valence-corrected chi connectivity index (χ3v) is 4.21. The molecule has 130 valence electrons. The van der Waals surface area contributed by atoms with Gasteiger partial charge < -0.3 is 15.2 Å². The van der Waals surface area contributed by atoms with Crippen molar-refractivity contribution < 1.29 is 19.4 Å². The summed E-state index contributed by atoms with van der Waals surface area (Å²) in [5, 5.41) is 12.2. The van der Waals surface area contributed by atoms with Crippen LogP contribution in [0.5, 0.6) is 5.75 Å². The molecule has 0 saturated heterocycles. The summed E-state index contributed by atoms with van der Waals surface area (Å²) in [5.41, 5.74) is 1.28. The maximum Gasteiger partial charge on any atom is 0.335 e. The minimum absolute atomic E-state index is 0.103. The summed E-state index contributed by atoms with van der Waals surface area (Å²) >= 11 is 6.05. The molecule has 0 bridgehead atoms. The molecule has 0 radical (unpaired) electrons. The van der Waals surface area contributed by atoms with Crippen LogP contribution in [0, 0.1) is 0 Å². The van der Waals surface area contributed by atoms with Crippen molar-refractivity contribution in [3.05, 3.63) is 53.1 Å². The number of halogens is 1. The molecule has 0 fully saturated rings. The quantitative estimate of drug-likeness (QED) is 0.857. The van der Waals surface area contributed by atoms with E-state index in [1.54, 1.807) is 35.2 Å². The van der Waals surface area contributed by atoms with Crippen molar-refractivity contribution >= 4 is 35.0 Å². The molecular formula is C18H17ClN2O4. The number of fused-ring (bicyclic) bond motifs is 1. The van der Waals surface area contributed by atoms with Crippen molar-refractivity contribution in [3.8, 4) is 5.75 Å². The van der Waals surface area contributed by atoms with E-state index < -0.39 is 5.97 Å². The molecule has 2 amide bonds. The van der Waals surface area contributed by atoms with Gasteiger partial charge in [0.2, 0.25) is 0 Å². The van der Waals surface area contributed by atoms with Gasteiger partial charge in [-0.25, -0.2) is 9.59 Å². The van der Waals surface area contributed by atoms with E-state index in [2.05, 4.69) is 5.32 Å². The highest BCUT2D eigenvalue weighted by molar-refractivity contribution is 6.31. The highest BCUT2D eigenvalue weighted by atomic mass is 35.5. The van der Waals surface area contributed by atoms with Crippen LogP contribution in [0.15, 0.2) is 42.5 Å². The minimum Gasteiger partial charge on any atom is -0.486 e. The lowest BCUT2D eigenvalue weighted by atomic mass is 10.1. The molecule has 2 N–H and O–H groups in total. The van der Waals surface area contributed by atoms with Crippen molar-refractivity contribution in [3.63, 3.8) is 0 Å². The number of nitrogens with zero attached hydrogens (tertiary/aromatic N) is 1. The van der Waals surface area contributed by atoms with Crippen LogP contribution in [0.4, 0.5) is 16.2 Å². The van der Waals surface area contributed by atoms with E-state index in [0.717, 1.165) is 6.42 Å². The summed E-state index contributed by atoms with van der Waals surface area (Å²) in [4.78, 5) is 25.2. The van der Waals surface area contributed by atoms with Crippen LogP contribution in [0.2, 0.25) is 5.02 Å². The van der Waals surface area contributed by atoms with E-state index in [4.69, 9.17) is 21.4 Å². The molecule has 0 unspecified atom stereocenters. The molecule has 1 atom stereocenters. The van der Waals surface area contributed by atoms with E-state index in [9.17, 15) is 9.59 Å². The second kappa shape index (κ2) is 7.03.